The average molecular weight is 210 g/mol. The summed E-state index contributed by atoms with van der Waals surface area (Å²) in [7, 11) is 1.63. The first-order valence-electron chi connectivity index (χ1n) is 4.64. The number of aromatic nitrogens is 1. The third kappa shape index (κ3) is 2.83. The number of rotatable bonds is 4. The molecule has 0 aliphatic heterocycles. The number of nitrogens with zero attached hydrogens (tertiary/aromatic N) is 1. The van der Waals surface area contributed by atoms with Gasteiger partial charge in [0.2, 0.25) is 5.91 Å². The fourth-order valence-corrected chi connectivity index (χ4v) is 1.33. The summed E-state index contributed by atoms with van der Waals surface area (Å²) in [6.45, 7) is 1.61. The number of aromatic amines is 1. The van der Waals surface area contributed by atoms with E-state index < -0.39 is 11.9 Å². The molecule has 0 bridgehead atoms. The SMILES string of the molecule is CC(CC(=O)O)C(=O)N(C)c1cc[nH]c1. The summed E-state index contributed by atoms with van der Waals surface area (Å²) in [4.78, 5) is 26.5. The summed E-state index contributed by atoms with van der Waals surface area (Å²) in [5.41, 5.74) is 0.734. The van der Waals surface area contributed by atoms with Crippen LogP contribution in [0, 0.1) is 5.92 Å². The number of amides is 1. The molecule has 0 aliphatic rings. The van der Waals surface area contributed by atoms with Crippen LogP contribution in [-0.2, 0) is 9.59 Å². The van der Waals surface area contributed by atoms with E-state index in [1.54, 1.807) is 32.4 Å². The van der Waals surface area contributed by atoms with E-state index in [-0.39, 0.29) is 12.3 Å². The van der Waals surface area contributed by atoms with Crippen molar-refractivity contribution in [2.45, 2.75) is 13.3 Å². The highest BCUT2D eigenvalue weighted by Crippen LogP contribution is 2.15. The van der Waals surface area contributed by atoms with E-state index in [1.165, 1.54) is 4.90 Å². The molecule has 5 nitrogen and oxygen atoms in total. The molecule has 1 aromatic heterocycles. The molecule has 0 aliphatic carbocycles. The molecule has 1 rings (SSSR count). The van der Waals surface area contributed by atoms with Crippen LogP contribution in [0.25, 0.3) is 0 Å². The number of anilines is 1. The van der Waals surface area contributed by atoms with Crippen molar-refractivity contribution in [2.24, 2.45) is 5.92 Å². The van der Waals surface area contributed by atoms with Crippen LogP contribution >= 0.6 is 0 Å². The third-order valence-corrected chi connectivity index (χ3v) is 2.20. The van der Waals surface area contributed by atoms with Gasteiger partial charge in [-0.05, 0) is 6.07 Å². The highest BCUT2D eigenvalue weighted by atomic mass is 16.4. The van der Waals surface area contributed by atoms with Gasteiger partial charge in [-0.3, -0.25) is 9.59 Å². The van der Waals surface area contributed by atoms with E-state index in [1.807, 2.05) is 0 Å². The maximum atomic E-state index is 11.7. The molecule has 1 amide bonds. The molecule has 15 heavy (non-hydrogen) atoms. The lowest BCUT2D eigenvalue weighted by Gasteiger charge is -2.18. The molecule has 0 aromatic carbocycles. The Morgan fingerprint density at radius 2 is 2.27 bits per heavy atom. The molecule has 0 saturated carbocycles. The first kappa shape index (κ1) is 11.3. The number of H-pyrrole nitrogens is 1. The second-order valence-electron chi connectivity index (χ2n) is 3.47. The van der Waals surface area contributed by atoms with Crippen LogP contribution in [0.1, 0.15) is 13.3 Å². The van der Waals surface area contributed by atoms with Crippen LogP contribution in [0.15, 0.2) is 18.5 Å². The van der Waals surface area contributed by atoms with Gasteiger partial charge < -0.3 is 15.0 Å². The Bertz CT molecular complexity index is 346. The Labute approximate surface area is 87.7 Å². The molecular formula is C10H14N2O3. The van der Waals surface area contributed by atoms with Gasteiger partial charge in [0.15, 0.2) is 0 Å². The lowest BCUT2D eigenvalue weighted by molar-refractivity contribution is -0.140. The Morgan fingerprint density at radius 3 is 2.73 bits per heavy atom. The van der Waals surface area contributed by atoms with Crippen LogP contribution in [0.2, 0.25) is 0 Å². The Kier molecular flexibility index (Phi) is 3.49. The maximum absolute atomic E-state index is 11.7. The van der Waals surface area contributed by atoms with Gasteiger partial charge in [0.1, 0.15) is 0 Å². The second-order valence-corrected chi connectivity index (χ2v) is 3.47. The predicted molar refractivity (Wildman–Crippen MR) is 55.6 cm³/mol. The number of carbonyl (C=O) groups is 2. The molecule has 0 fully saturated rings. The minimum atomic E-state index is -0.960. The number of aliphatic carboxylic acids is 1. The average Bonchev–Trinajstić information content (AvgIpc) is 2.67. The van der Waals surface area contributed by atoms with Crippen molar-refractivity contribution in [1.29, 1.82) is 0 Å². The van der Waals surface area contributed by atoms with Gasteiger partial charge in [0.05, 0.1) is 12.1 Å². The quantitative estimate of drug-likeness (QED) is 0.781. The van der Waals surface area contributed by atoms with Crippen LogP contribution < -0.4 is 4.90 Å². The lowest BCUT2D eigenvalue weighted by atomic mass is 10.1. The van der Waals surface area contributed by atoms with Crippen LogP contribution in [-0.4, -0.2) is 29.0 Å². The summed E-state index contributed by atoms with van der Waals surface area (Å²) in [5.74, 6) is -1.67. The monoisotopic (exact) mass is 210 g/mol. The van der Waals surface area contributed by atoms with Crippen LogP contribution in [0.4, 0.5) is 5.69 Å². The van der Waals surface area contributed by atoms with Crippen molar-refractivity contribution < 1.29 is 14.7 Å². The topological polar surface area (TPSA) is 73.4 Å². The smallest absolute Gasteiger partial charge is 0.304 e. The zero-order valence-corrected chi connectivity index (χ0v) is 8.73. The van der Waals surface area contributed by atoms with Gasteiger partial charge in [-0.15, -0.1) is 0 Å². The molecule has 1 unspecified atom stereocenters. The van der Waals surface area contributed by atoms with Gasteiger partial charge in [-0.25, -0.2) is 0 Å². The van der Waals surface area contributed by atoms with Crippen molar-refractivity contribution in [1.82, 2.24) is 4.98 Å². The summed E-state index contributed by atoms with van der Waals surface area (Å²) >= 11 is 0. The third-order valence-electron chi connectivity index (χ3n) is 2.20. The Hall–Kier alpha value is -1.78. The normalized spacial score (nSPS) is 12.1. The van der Waals surface area contributed by atoms with Gasteiger partial charge >= 0.3 is 5.97 Å². The van der Waals surface area contributed by atoms with Gasteiger partial charge in [0, 0.05) is 25.4 Å². The zero-order valence-electron chi connectivity index (χ0n) is 8.73. The number of carboxylic acid groups (broad SMARTS) is 1. The summed E-state index contributed by atoms with van der Waals surface area (Å²) in [5, 5.41) is 8.57. The van der Waals surface area contributed by atoms with Crippen molar-refractivity contribution in [3.05, 3.63) is 18.5 Å². The molecular weight excluding hydrogens is 196 g/mol. The van der Waals surface area contributed by atoms with Gasteiger partial charge in [0.25, 0.3) is 0 Å². The number of carboxylic acids is 1. The molecule has 0 saturated heterocycles. The van der Waals surface area contributed by atoms with Crippen LogP contribution in [0.5, 0.6) is 0 Å². The largest absolute Gasteiger partial charge is 0.481 e. The minimum Gasteiger partial charge on any atom is -0.481 e. The molecule has 5 heteroatoms. The van der Waals surface area contributed by atoms with E-state index in [9.17, 15) is 9.59 Å². The zero-order chi connectivity index (χ0) is 11.4. The number of hydrogen-bond acceptors (Lipinski definition) is 2. The van der Waals surface area contributed by atoms with Gasteiger partial charge in [-0.2, -0.15) is 0 Å². The number of hydrogen-bond donors (Lipinski definition) is 2. The Morgan fingerprint density at radius 1 is 1.60 bits per heavy atom. The fraction of sp³-hybridized carbons (Fsp3) is 0.400. The fourth-order valence-electron chi connectivity index (χ4n) is 1.33. The molecule has 82 valence electrons. The van der Waals surface area contributed by atoms with E-state index in [0.717, 1.165) is 5.69 Å². The first-order valence-corrected chi connectivity index (χ1v) is 4.64. The first-order chi connectivity index (χ1) is 7.02. The van der Waals surface area contributed by atoms with E-state index >= 15 is 0 Å². The standard InChI is InChI=1S/C10H14N2O3/c1-7(5-9(13)14)10(15)12(2)8-3-4-11-6-8/h3-4,6-7,11H,5H2,1-2H3,(H,13,14). The van der Waals surface area contributed by atoms with Crippen molar-refractivity contribution in [2.75, 3.05) is 11.9 Å². The predicted octanol–water partition coefficient (Wildman–Crippen LogP) is 1.09. The minimum absolute atomic E-state index is 0.145. The maximum Gasteiger partial charge on any atom is 0.304 e. The summed E-state index contributed by atoms with van der Waals surface area (Å²) in [6, 6.07) is 1.76. The van der Waals surface area contributed by atoms with E-state index in [0.29, 0.717) is 0 Å². The summed E-state index contributed by atoms with van der Waals surface area (Å²) < 4.78 is 0. The van der Waals surface area contributed by atoms with Crippen molar-refractivity contribution in [3.63, 3.8) is 0 Å². The van der Waals surface area contributed by atoms with Gasteiger partial charge in [-0.1, -0.05) is 6.92 Å². The highest BCUT2D eigenvalue weighted by Gasteiger charge is 2.21. The molecule has 0 spiro atoms. The highest BCUT2D eigenvalue weighted by molar-refractivity contribution is 5.95. The lowest BCUT2D eigenvalue weighted by Crippen LogP contribution is -2.32. The number of nitrogens with one attached hydrogen (secondary N) is 1. The molecule has 1 aromatic rings. The Balaban J connectivity index is 2.64. The molecule has 0 radical (unpaired) electrons. The van der Waals surface area contributed by atoms with E-state index in [4.69, 9.17) is 5.11 Å². The molecule has 1 heterocycles. The number of carbonyl (C=O) groups excluding carboxylic acids is 1. The van der Waals surface area contributed by atoms with Crippen molar-refractivity contribution >= 4 is 17.6 Å². The van der Waals surface area contributed by atoms with Crippen molar-refractivity contribution in [3.8, 4) is 0 Å². The molecule has 2 N–H and O–H groups in total. The van der Waals surface area contributed by atoms with Crippen LogP contribution in [0.3, 0.4) is 0 Å². The second kappa shape index (κ2) is 4.63. The molecule has 1 atom stereocenters. The van der Waals surface area contributed by atoms with E-state index in [2.05, 4.69) is 4.98 Å². The summed E-state index contributed by atoms with van der Waals surface area (Å²) in [6.07, 6.45) is 3.25.